The summed E-state index contributed by atoms with van der Waals surface area (Å²) in [7, 11) is 1.67. The van der Waals surface area contributed by atoms with Crippen LogP contribution >= 0.6 is 11.6 Å². The van der Waals surface area contributed by atoms with E-state index in [0.717, 1.165) is 12.2 Å². The van der Waals surface area contributed by atoms with Gasteiger partial charge in [0.2, 0.25) is 0 Å². The van der Waals surface area contributed by atoms with Crippen LogP contribution in [-0.4, -0.2) is 32.1 Å². The van der Waals surface area contributed by atoms with Crippen molar-refractivity contribution >= 4 is 23.1 Å². The fourth-order valence-electron chi connectivity index (χ4n) is 1.82. The molecule has 0 aromatic heterocycles. The van der Waals surface area contributed by atoms with E-state index in [-0.39, 0.29) is 11.9 Å². The van der Waals surface area contributed by atoms with Gasteiger partial charge in [-0.25, -0.2) is 0 Å². The summed E-state index contributed by atoms with van der Waals surface area (Å²) < 4.78 is 5.11. The number of nitrogens with one attached hydrogen (secondary N) is 1. The van der Waals surface area contributed by atoms with E-state index in [2.05, 4.69) is 18.7 Å². The summed E-state index contributed by atoms with van der Waals surface area (Å²) in [4.78, 5) is 2.13. The van der Waals surface area contributed by atoms with E-state index >= 15 is 0 Å². The van der Waals surface area contributed by atoms with Crippen molar-refractivity contribution in [1.29, 1.82) is 5.41 Å². The molecule has 3 N–H and O–H groups in total. The minimum Gasteiger partial charge on any atom is -0.384 e. The summed E-state index contributed by atoms with van der Waals surface area (Å²) in [6.45, 7) is 5.51. The second kappa shape index (κ2) is 6.61. The van der Waals surface area contributed by atoms with Crippen LogP contribution in [0.25, 0.3) is 0 Å². The maximum atomic E-state index is 7.63. The molecule has 0 spiro atoms. The number of halogens is 1. The van der Waals surface area contributed by atoms with Crippen LogP contribution in [0.5, 0.6) is 0 Å². The standard InChI is InChI=1S/C13H20ClN3O/c1-9(2)17(6-7-18-3)12-8-10(14)4-5-11(12)13(15)16/h4-5,8-9H,6-7H2,1-3H3,(H3,15,16). The summed E-state index contributed by atoms with van der Waals surface area (Å²) in [5, 5.41) is 8.27. The van der Waals surface area contributed by atoms with Gasteiger partial charge in [0.25, 0.3) is 0 Å². The van der Waals surface area contributed by atoms with Crippen LogP contribution < -0.4 is 10.6 Å². The monoisotopic (exact) mass is 269 g/mol. The number of anilines is 1. The molecule has 0 aliphatic heterocycles. The zero-order chi connectivity index (χ0) is 13.7. The number of nitrogens with two attached hydrogens (primary N) is 1. The quantitative estimate of drug-likeness (QED) is 0.616. The number of nitrogen functional groups attached to an aromatic ring is 1. The molecule has 0 unspecified atom stereocenters. The van der Waals surface area contributed by atoms with Crippen molar-refractivity contribution in [3.63, 3.8) is 0 Å². The lowest BCUT2D eigenvalue weighted by atomic mass is 10.1. The molecule has 0 amide bonds. The predicted octanol–water partition coefficient (Wildman–Crippen LogP) is 2.49. The zero-order valence-electron chi connectivity index (χ0n) is 11.0. The third-order valence-electron chi connectivity index (χ3n) is 2.72. The lowest BCUT2D eigenvalue weighted by Gasteiger charge is -2.30. The number of benzene rings is 1. The Bertz CT molecular complexity index is 421. The Hall–Kier alpha value is -1.26. The number of hydrogen-bond donors (Lipinski definition) is 2. The Morgan fingerprint density at radius 3 is 2.67 bits per heavy atom. The number of rotatable bonds is 6. The second-order valence-electron chi connectivity index (χ2n) is 4.36. The zero-order valence-corrected chi connectivity index (χ0v) is 11.8. The lowest BCUT2D eigenvalue weighted by Crippen LogP contribution is -2.35. The van der Waals surface area contributed by atoms with Crippen molar-refractivity contribution in [2.24, 2.45) is 5.73 Å². The van der Waals surface area contributed by atoms with Gasteiger partial charge in [-0.3, -0.25) is 5.41 Å². The molecule has 1 rings (SSSR count). The van der Waals surface area contributed by atoms with Crippen LogP contribution in [0.2, 0.25) is 5.02 Å². The first-order chi connectivity index (χ1) is 8.47. The van der Waals surface area contributed by atoms with Gasteiger partial charge in [-0.1, -0.05) is 11.6 Å². The first-order valence-corrected chi connectivity index (χ1v) is 6.24. The molecule has 1 aromatic rings. The summed E-state index contributed by atoms with van der Waals surface area (Å²) in [6, 6.07) is 5.64. The first-order valence-electron chi connectivity index (χ1n) is 5.87. The average Bonchev–Trinajstić information content (AvgIpc) is 2.28. The summed E-state index contributed by atoms with van der Waals surface area (Å²) in [6.07, 6.45) is 0. The number of methoxy groups -OCH3 is 1. The Kier molecular flexibility index (Phi) is 5.44. The Balaban J connectivity index is 3.16. The highest BCUT2D eigenvalue weighted by Gasteiger charge is 2.16. The van der Waals surface area contributed by atoms with Gasteiger partial charge in [-0.15, -0.1) is 0 Å². The van der Waals surface area contributed by atoms with Crippen LogP contribution in [0.15, 0.2) is 18.2 Å². The molecule has 0 radical (unpaired) electrons. The number of nitrogens with zero attached hydrogens (tertiary/aromatic N) is 1. The minimum atomic E-state index is 0.0460. The molecule has 0 saturated carbocycles. The average molecular weight is 270 g/mol. The van der Waals surface area contributed by atoms with Crippen molar-refractivity contribution in [1.82, 2.24) is 0 Å². The topological polar surface area (TPSA) is 62.3 Å². The normalized spacial score (nSPS) is 10.7. The van der Waals surface area contributed by atoms with Crippen LogP contribution in [0.4, 0.5) is 5.69 Å². The molecule has 0 aliphatic rings. The van der Waals surface area contributed by atoms with Crippen molar-refractivity contribution in [2.45, 2.75) is 19.9 Å². The van der Waals surface area contributed by atoms with E-state index in [4.69, 9.17) is 27.5 Å². The van der Waals surface area contributed by atoms with Crippen LogP contribution in [0, 0.1) is 5.41 Å². The van der Waals surface area contributed by atoms with Gasteiger partial charge in [0.1, 0.15) is 5.84 Å². The summed E-state index contributed by atoms with van der Waals surface area (Å²) >= 11 is 6.04. The third-order valence-corrected chi connectivity index (χ3v) is 2.95. The van der Waals surface area contributed by atoms with E-state index in [1.54, 1.807) is 19.2 Å². The van der Waals surface area contributed by atoms with Crippen molar-refractivity contribution < 1.29 is 4.74 Å². The van der Waals surface area contributed by atoms with E-state index in [1.807, 2.05) is 6.07 Å². The largest absolute Gasteiger partial charge is 0.384 e. The molecule has 0 aliphatic carbocycles. The summed E-state index contributed by atoms with van der Waals surface area (Å²) in [5.74, 6) is 0.0460. The maximum Gasteiger partial charge on any atom is 0.124 e. The fourth-order valence-corrected chi connectivity index (χ4v) is 1.98. The molecule has 18 heavy (non-hydrogen) atoms. The van der Waals surface area contributed by atoms with Crippen LogP contribution in [0.1, 0.15) is 19.4 Å². The van der Waals surface area contributed by atoms with E-state index in [9.17, 15) is 0 Å². The van der Waals surface area contributed by atoms with Crippen molar-refractivity contribution in [3.05, 3.63) is 28.8 Å². The van der Waals surface area contributed by atoms with Gasteiger partial charge in [-0.2, -0.15) is 0 Å². The van der Waals surface area contributed by atoms with Gasteiger partial charge < -0.3 is 15.4 Å². The highest BCUT2D eigenvalue weighted by atomic mass is 35.5. The van der Waals surface area contributed by atoms with Crippen molar-refractivity contribution in [3.8, 4) is 0 Å². The van der Waals surface area contributed by atoms with Gasteiger partial charge in [-0.05, 0) is 32.0 Å². The minimum absolute atomic E-state index is 0.0460. The second-order valence-corrected chi connectivity index (χ2v) is 4.79. The lowest BCUT2D eigenvalue weighted by molar-refractivity contribution is 0.204. The number of amidine groups is 1. The first kappa shape index (κ1) is 14.8. The van der Waals surface area contributed by atoms with E-state index in [0.29, 0.717) is 17.2 Å². The number of ether oxygens (including phenoxy) is 1. The predicted molar refractivity (Wildman–Crippen MR) is 76.8 cm³/mol. The maximum absolute atomic E-state index is 7.63. The van der Waals surface area contributed by atoms with Crippen molar-refractivity contribution in [2.75, 3.05) is 25.2 Å². The van der Waals surface area contributed by atoms with Gasteiger partial charge in [0.15, 0.2) is 0 Å². The summed E-state index contributed by atoms with van der Waals surface area (Å²) in [5.41, 5.74) is 7.19. The highest BCUT2D eigenvalue weighted by Crippen LogP contribution is 2.26. The molecule has 1 aromatic carbocycles. The highest BCUT2D eigenvalue weighted by molar-refractivity contribution is 6.31. The molecule has 0 atom stereocenters. The molecule has 0 fully saturated rings. The molecule has 0 saturated heterocycles. The Labute approximate surface area is 113 Å². The molecular weight excluding hydrogens is 250 g/mol. The number of hydrogen-bond acceptors (Lipinski definition) is 3. The molecule has 0 heterocycles. The van der Waals surface area contributed by atoms with Gasteiger partial charge in [0.05, 0.1) is 6.61 Å². The molecule has 5 heteroatoms. The molecule has 100 valence electrons. The van der Waals surface area contributed by atoms with Crippen LogP contribution in [-0.2, 0) is 4.74 Å². The Morgan fingerprint density at radius 2 is 2.17 bits per heavy atom. The molecule has 4 nitrogen and oxygen atoms in total. The van der Waals surface area contributed by atoms with E-state index < -0.39 is 0 Å². The SMILES string of the molecule is COCCN(c1cc(Cl)ccc1C(=N)N)C(C)C. The smallest absolute Gasteiger partial charge is 0.124 e. The van der Waals surface area contributed by atoms with E-state index in [1.165, 1.54) is 0 Å². The van der Waals surface area contributed by atoms with Gasteiger partial charge in [0, 0.05) is 36.0 Å². The molecule has 0 bridgehead atoms. The molecular formula is C13H20ClN3O. The fraction of sp³-hybridized carbons (Fsp3) is 0.462. The van der Waals surface area contributed by atoms with Crippen LogP contribution in [0.3, 0.4) is 0 Å². The van der Waals surface area contributed by atoms with Gasteiger partial charge >= 0.3 is 0 Å². The third kappa shape index (κ3) is 3.62. The Morgan fingerprint density at radius 1 is 1.50 bits per heavy atom.